The van der Waals surface area contributed by atoms with Gasteiger partial charge in [-0.2, -0.15) is 0 Å². The minimum absolute atomic E-state index is 0.687. The number of nitrogens with one attached hydrogen (secondary N) is 1. The molecule has 0 aliphatic rings. The van der Waals surface area contributed by atoms with Crippen LogP contribution in [0, 0.1) is 0 Å². The first-order valence-electron chi connectivity index (χ1n) is 6.29. The average molecular weight is 258 g/mol. The molecule has 0 fully saturated rings. The topological polar surface area (TPSA) is 43.4 Å². The van der Waals surface area contributed by atoms with Crippen molar-refractivity contribution in [3.8, 4) is 17.2 Å². The SMILES string of the molecule is CCNCc1cncc(Oc2ccccc2OC)c1. The van der Waals surface area contributed by atoms with E-state index in [4.69, 9.17) is 9.47 Å². The molecule has 1 N–H and O–H groups in total. The summed E-state index contributed by atoms with van der Waals surface area (Å²) in [5, 5.41) is 3.26. The Morgan fingerprint density at radius 3 is 2.68 bits per heavy atom. The lowest BCUT2D eigenvalue weighted by Crippen LogP contribution is -2.11. The van der Waals surface area contributed by atoms with E-state index < -0.39 is 0 Å². The van der Waals surface area contributed by atoms with Gasteiger partial charge in [0.25, 0.3) is 0 Å². The van der Waals surface area contributed by atoms with E-state index in [1.165, 1.54) is 0 Å². The number of ether oxygens (including phenoxy) is 2. The maximum Gasteiger partial charge on any atom is 0.169 e. The largest absolute Gasteiger partial charge is 0.493 e. The third kappa shape index (κ3) is 3.69. The predicted molar refractivity (Wildman–Crippen MR) is 74.7 cm³/mol. The second-order valence-corrected chi connectivity index (χ2v) is 4.06. The molecule has 0 radical (unpaired) electrons. The zero-order valence-electron chi connectivity index (χ0n) is 11.2. The molecule has 0 spiro atoms. The summed E-state index contributed by atoms with van der Waals surface area (Å²) < 4.78 is 11.1. The number of nitrogens with zero attached hydrogens (tertiary/aromatic N) is 1. The Kier molecular flexibility index (Phi) is 4.75. The van der Waals surface area contributed by atoms with Crippen LogP contribution in [0.15, 0.2) is 42.7 Å². The second-order valence-electron chi connectivity index (χ2n) is 4.06. The molecule has 1 heterocycles. The number of pyridine rings is 1. The average Bonchev–Trinajstić information content (AvgIpc) is 2.46. The highest BCUT2D eigenvalue weighted by Crippen LogP contribution is 2.30. The van der Waals surface area contributed by atoms with Gasteiger partial charge in [-0.15, -0.1) is 0 Å². The number of hydrogen-bond acceptors (Lipinski definition) is 4. The molecule has 2 aromatic rings. The Hall–Kier alpha value is -2.07. The van der Waals surface area contributed by atoms with Crippen molar-refractivity contribution < 1.29 is 9.47 Å². The quantitative estimate of drug-likeness (QED) is 0.865. The lowest BCUT2D eigenvalue weighted by atomic mass is 10.2. The highest BCUT2D eigenvalue weighted by molar-refractivity contribution is 5.42. The number of benzene rings is 1. The highest BCUT2D eigenvalue weighted by atomic mass is 16.5. The van der Waals surface area contributed by atoms with Crippen molar-refractivity contribution in [2.75, 3.05) is 13.7 Å². The first-order valence-corrected chi connectivity index (χ1v) is 6.29. The summed E-state index contributed by atoms with van der Waals surface area (Å²) in [6.45, 7) is 3.78. The molecule has 1 aromatic carbocycles. The number of hydrogen-bond donors (Lipinski definition) is 1. The molecule has 0 saturated carbocycles. The van der Waals surface area contributed by atoms with Crippen LogP contribution in [0.5, 0.6) is 17.2 Å². The summed E-state index contributed by atoms with van der Waals surface area (Å²) >= 11 is 0. The molecule has 4 heteroatoms. The van der Waals surface area contributed by atoms with Crippen molar-refractivity contribution in [1.82, 2.24) is 10.3 Å². The van der Waals surface area contributed by atoms with Crippen LogP contribution in [0.4, 0.5) is 0 Å². The Bertz CT molecular complexity index is 529. The van der Waals surface area contributed by atoms with Gasteiger partial charge >= 0.3 is 0 Å². The summed E-state index contributed by atoms with van der Waals surface area (Å²) in [7, 11) is 1.63. The molecule has 4 nitrogen and oxygen atoms in total. The van der Waals surface area contributed by atoms with Crippen molar-refractivity contribution >= 4 is 0 Å². The summed E-state index contributed by atoms with van der Waals surface area (Å²) in [6, 6.07) is 9.53. The number of rotatable bonds is 6. The van der Waals surface area contributed by atoms with Crippen molar-refractivity contribution in [3.05, 3.63) is 48.3 Å². The van der Waals surface area contributed by atoms with E-state index in [9.17, 15) is 0 Å². The molecule has 0 bridgehead atoms. The summed E-state index contributed by atoms with van der Waals surface area (Å²) in [4.78, 5) is 4.18. The van der Waals surface area contributed by atoms with E-state index >= 15 is 0 Å². The maximum atomic E-state index is 5.81. The Morgan fingerprint density at radius 1 is 1.16 bits per heavy atom. The van der Waals surface area contributed by atoms with E-state index in [0.29, 0.717) is 17.2 Å². The molecule has 0 aliphatic heterocycles. The Labute approximate surface area is 113 Å². The highest BCUT2D eigenvalue weighted by Gasteiger charge is 2.05. The van der Waals surface area contributed by atoms with E-state index in [1.54, 1.807) is 13.3 Å². The number of aromatic nitrogens is 1. The smallest absolute Gasteiger partial charge is 0.169 e. The van der Waals surface area contributed by atoms with Gasteiger partial charge in [-0.25, -0.2) is 0 Å². The van der Waals surface area contributed by atoms with E-state index in [-0.39, 0.29) is 0 Å². The van der Waals surface area contributed by atoms with Gasteiger partial charge in [-0.1, -0.05) is 19.1 Å². The molecule has 0 amide bonds. The third-order valence-corrected chi connectivity index (χ3v) is 2.65. The van der Waals surface area contributed by atoms with E-state index in [2.05, 4.69) is 17.2 Å². The predicted octanol–water partition coefficient (Wildman–Crippen LogP) is 2.99. The van der Waals surface area contributed by atoms with Gasteiger partial charge in [-0.05, 0) is 30.3 Å². The van der Waals surface area contributed by atoms with Crippen molar-refractivity contribution in [2.24, 2.45) is 0 Å². The van der Waals surface area contributed by atoms with Crippen LogP contribution >= 0.6 is 0 Å². The van der Waals surface area contributed by atoms with Crippen LogP contribution in [0.3, 0.4) is 0 Å². The van der Waals surface area contributed by atoms with Crippen LogP contribution in [0.25, 0.3) is 0 Å². The van der Waals surface area contributed by atoms with Crippen LogP contribution in [-0.4, -0.2) is 18.6 Å². The fourth-order valence-corrected chi connectivity index (χ4v) is 1.72. The van der Waals surface area contributed by atoms with Crippen molar-refractivity contribution in [1.29, 1.82) is 0 Å². The molecule has 0 saturated heterocycles. The van der Waals surface area contributed by atoms with E-state index in [1.807, 2.05) is 36.5 Å². The van der Waals surface area contributed by atoms with Gasteiger partial charge in [-0.3, -0.25) is 4.98 Å². The minimum atomic E-state index is 0.687. The molecule has 100 valence electrons. The maximum absolute atomic E-state index is 5.81. The first kappa shape index (κ1) is 13.4. The van der Waals surface area contributed by atoms with Gasteiger partial charge in [0.15, 0.2) is 11.5 Å². The van der Waals surface area contributed by atoms with Gasteiger partial charge < -0.3 is 14.8 Å². The summed E-state index contributed by atoms with van der Waals surface area (Å²) in [5.41, 5.74) is 1.09. The minimum Gasteiger partial charge on any atom is -0.493 e. The van der Waals surface area contributed by atoms with Crippen LogP contribution in [0.1, 0.15) is 12.5 Å². The Balaban J connectivity index is 2.14. The first-order chi connectivity index (χ1) is 9.33. The van der Waals surface area contributed by atoms with Gasteiger partial charge in [0, 0.05) is 12.7 Å². The van der Waals surface area contributed by atoms with Crippen molar-refractivity contribution in [3.63, 3.8) is 0 Å². The monoisotopic (exact) mass is 258 g/mol. The van der Waals surface area contributed by atoms with Gasteiger partial charge in [0.1, 0.15) is 5.75 Å². The van der Waals surface area contributed by atoms with Crippen LogP contribution < -0.4 is 14.8 Å². The molecule has 0 aliphatic carbocycles. The van der Waals surface area contributed by atoms with Crippen LogP contribution in [0.2, 0.25) is 0 Å². The molecular formula is C15H18N2O2. The molecule has 2 rings (SSSR count). The van der Waals surface area contributed by atoms with Gasteiger partial charge in [0.2, 0.25) is 0 Å². The van der Waals surface area contributed by atoms with E-state index in [0.717, 1.165) is 18.7 Å². The normalized spacial score (nSPS) is 10.2. The zero-order valence-corrected chi connectivity index (χ0v) is 11.2. The Morgan fingerprint density at radius 2 is 1.95 bits per heavy atom. The standard InChI is InChI=1S/C15H18N2O2/c1-3-16-9-12-8-13(11-17-10-12)19-15-7-5-4-6-14(15)18-2/h4-8,10-11,16H,3,9H2,1-2H3. The zero-order chi connectivity index (χ0) is 13.5. The number of para-hydroxylation sites is 2. The summed E-state index contributed by atoms with van der Waals surface area (Å²) in [5.74, 6) is 2.10. The number of methoxy groups -OCH3 is 1. The summed E-state index contributed by atoms with van der Waals surface area (Å²) in [6.07, 6.45) is 3.53. The van der Waals surface area contributed by atoms with Gasteiger partial charge in [0.05, 0.1) is 13.3 Å². The molecular weight excluding hydrogens is 240 g/mol. The molecule has 0 unspecified atom stereocenters. The third-order valence-electron chi connectivity index (χ3n) is 2.65. The second kappa shape index (κ2) is 6.75. The fourth-order valence-electron chi connectivity index (χ4n) is 1.72. The van der Waals surface area contributed by atoms with Crippen LogP contribution in [-0.2, 0) is 6.54 Å². The molecule has 1 aromatic heterocycles. The molecule has 19 heavy (non-hydrogen) atoms. The lowest BCUT2D eigenvalue weighted by molar-refractivity contribution is 0.378. The molecule has 0 atom stereocenters. The fraction of sp³-hybridized carbons (Fsp3) is 0.267. The van der Waals surface area contributed by atoms with Crippen molar-refractivity contribution in [2.45, 2.75) is 13.5 Å². The lowest BCUT2D eigenvalue weighted by Gasteiger charge is -2.10.